The minimum atomic E-state index is -0.573. The third kappa shape index (κ3) is 2.86. The van der Waals surface area contributed by atoms with Crippen LogP contribution in [-0.4, -0.2) is 41.4 Å². The van der Waals surface area contributed by atoms with Gasteiger partial charge in [0.25, 0.3) is 5.91 Å². The molecule has 0 radical (unpaired) electrons. The first-order valence-corrected chi connectivity index (χ1v) is 8.89. The van der Waals surface area contributed by atoms with Crippen LogP contribution in [0.15, 0.2) is 31.0 Å². The van der Waals surface area contributed by atoms with Crippen molar-refractivity contribution in [2.24, 2.45) is 11.7 Å². The highest BCUT2D eigenvalue weighted by molar-refractivity contribution is 6.03. The lowest BCUT2D eigenvalue weighted by Crippen LogP contribution is -2.26. The number of hydrogen-bond acceptors (Lipinski definition) is 5. The fraction of sp³-hybridized carbons (Fsp3) is 0.444. The third-order valence-electron chi connectivity index (χ3n) is 5.33. The molecule has 1 amide bonds. The average Bonchev–Trinajstić information content (AvgIpc) is 3.30. The molecule has 8 heteroatoms. The van der Waals surface area contributed by atoms with Gasteiger partial charge in [-0.2, -0.15) is 5.10 Å². The minimum absolute atomic E-state index is 0.182. The van der Waals surface area contributed by atoms with Gasteiger partial charge in [-0.1, -0.05) is 0 Å². The van der Waals surface area contributed by atoms with Gasteiger partial charge in [0.2, 0.25) is 0 Å². The number of nitrogens with zero attached hydrogens (tertiary/aromatic N) is 5. The molecule has 0 spiro atoms. The first-order valence-electron chi connectivity index (χ1n) is 8.89. The summed E-state index contributed by atoms with van der Waals surface area (Å²) in [5, 5.41) is 15.2. The van der Waals surface area contributed by atoms with E-state index in [0.29, 0.717) is 17.3 Å². The number of imidazole rings is 1. The summed E-state index contributed by atoms with van der Waals surface area (Å²) >= 11 is 0. The number of aliphatic hydroxyl groups is 1. The molecule has 3 aromatic heterocycles. The smallest absolute Gasteiger partial charge is 0.269 e. The molecule has 8 nitrogen and oxygen atoms in total. The predicted molar refractivity (Wildman–Crippen MR) is 95.8 cm³/mol. The second kappa shape index (κ2) is 6.53. The summed E-state index contributed by atoms with van der Waals surface area (Å²) in [5.41, 5.74) is 6.53. The molecule has 1 fully saturated rings. The Kier molecular flexibility index (Phi) is 4.20. The molecular formula is C18H22N6O2. The van der Waals surface area contributed by atoms with Crippen molar-refractivity contribution in [2.45, 2.75) is 44.8 Å². The fourth-order valence-corrected chi connectivity index (χ4v) is 3.87. The second-order valence-electron chi connectivity index (χ2n) is 7.00. The van der Waals surface area contributed by atoms with Crippen molar-refractivity contribution in [3.63, 3.8) is 0 Å². The SMILES string of the molecule is C[C@@H](O)C1CCC(n2ncc3cc(-n4ccnc4)nc(C(N)=O)c32)CC1. The van der Waals surface area contributed by atoms with Crippen LogP contribution in [0.1, 0.15) is 49.1 Å². The van der Waals surface area contributed by atoms with Gasteiger partial charge in [0.1, 0.15) is 17.7 Å². The highest BCUT2D eigenvalue weighted by Gasteiger charge is 2.28. The molecule has 3 heterocycles. The number of rotatable bonds is 4. The summed E-state index contributed by atoms with van der Waals surface area (Å²) in [6, 6.07) is 2.07. The van der Waals surface area contributed by atoms with E-state index in [-0.39, 0.29) is 17.8 Å². The molecule has 1 atom stereocenters. The average molecular weight is 354 g/mol. The van der Waals surface area contributed by atoms with Crippen LogP contribution in [-0.2, 0) is 0 Å². The van der Waals surface area contributed by atoms with E-state index in [1.807, 2.05) is 17.7 Å². The number of fused-ring (bicyclic) bond motifs is 1. The van der Waals surface area contributed by atoms with Crippen molar-refractivity contribution in [3.8, 4) is 5.82 Å². The number of pyridine rings is 1. The summed E-state index contributed by atoms with van der Waals surface area (Å²) in [5.74, 6) is 0.340. The van der Waals surface area contributed by atoms with Crippen molar-refractivity contribution in [1.29, 1.82) is 0 Å². The molecule has 136 valence electrons. The Morgan fingerprint density at radius 2 is 2.12 bits per heavy atom. The van der Waals surface area contributed by atoms with E-state index >= 15 is 0 Å². The zero-order valence-electron chi connectivity index (χ0n) is 14.6. The topological polar surface area (TPSA) is 112 Å². The van der Waals surface area contributed by atoms with E-state index in [2.05, 4.69) is 15.1 Å². The monoisotopic (exact) mass is 354 g/mol. The molecule has 0 bridgehead atoms. The fourth-order valence-electron chi connectivity index (χ4n) is 3.87. The molecule has 0 unspecified atom stereocenters. The summed E-state index contributed by atoms with van der Waals surface area (Å²) in [7, 11) is 0. The quantitative estimate of drug-likeness (QED) is 0.742. The highest BCUT2D eigenvalue weighted by Crippen LogP contribution is 2.35. The van der Waals surface area contributed by atoms with Crippen LogP contribution in [0.5, 0.6) is 0 Å². The molecule has 1 aliphatic carbocycles. The van der Waals surface area contributed by atoms with Crippen molar-refractivity contribution in [2.75, 3.05) is 0 Å². The molecule has 1 aliphatic rings. The van der Waals surface area contributed by atoms with Crippen LogP contribution >= 0.6 is 0 Å². The van der Waals surface area contributed by atoms with Gasteiger partial charge in [0.15, 0.2) is 5.69 Å². The maximum absolute atomic E-state index is 12.1. The number of carbonyl (C=O) groups is 1. The lowest BCUT2D eigenvalue weighted by molar-refractivity contribution is 0.0888. The van der Waals surface area contributed by atoms with E-state index in [0.717, 1.165) is 31.1 Å². The third-order valence-corrected chi connectivity index (χ3v) is 5.33. The minimum Gasteiger partial charge on any atom is -0.393 e. The number of aromatic nitrogens is 5. The molecular weight excluding hydrogens is 332 g/mol. The molecule has 3 aromatic rings. The molecule has 0 saturated heterocycles. The molecule has 0 aromatic carbocycles. The van der Waals surface area contributed by atoms with Gasteiger partial charge in [-0.3, -0.25) is 14.0 Å². The number of aliphatic hydroxyl groups excluding tert-OH is 1. The maximum atomic E-state index is 12.1. The van der Waals surface area contributed by atoms with E-state index in [1.165, 1.54) is 0 Å². The van der Waals surface area contributed by atoms with Crippen LogP contribution in [0.4, 0.5) is 0 Å². The van der Waals surface area contributed by atoms with Gasteiger partial charge in [0, 0.05) is 17.8 Å². The van der Waals surface area contributed by atoms with Crippen LogP contribution in [0.25, 0.3) is 16.7 Å². The zero-order chi connectivity index (χ0) is 18.3. The van der Waals surface area contributed by atoms with Crippen LogP contribution < -0.4 is 5.73 Å². The predicted octanol–water partition coefficient (Wildman–Crippen LogP) is 1.83. The Labute approximate surface area is 150 Å². The standard InChI is InChI=1S/C18H22N6O2/c1-11(25)12-2-4-14(5-3-12)24-17-13(9-21-24)8-15(22-16(17)18(19)26)23-7-6-20-10-23/h6-12,14,25H,2-5H2,1H3,(H2,19,26)/t11-,12?,14?/m1/s1. The summed E-state index contributed by atoms with van der Waals surface area (Å²) in [6.45, 7) is 1.85. The van der Waals surface area contributed by atoms with E-state index < -0.39 is 5.91 Å². The number of carbonyl (C=O) groups excluding carboxylic acids is 1. The highest BCUT2D eigenvalue weighted by atomic mass is 16.3. The zero-order valence-corrected chi connectivity index (χ0v) is 14.6. The Bertz CT molecular complexity index is 923. The van der Waals surface area contributed by atoms with Crippen LogP contribution in [0.2, 0.25) is 0 Å². The Morgan fingerprint density at radius 3 is 2.73 bits per heavy atom. The number of hydrogen-bond donors (Lipinski definition) is 2. The van der Waals surface area contributed by atoms with Crippen LogP contribution in [0, 0.1) is 5.92 Å². The van der Waals surface area contributed by atoms with Crippen molar-refractivity contribution < 1.29 is 9.90 Å². The van der Waals surface area contributed by atoms with Gasteiger partial charge in [-0.25, -0.2) is 9.97 Å². The first-order chi connectivity index (χ1) is 12.5. The lowest BCUT2D eigenvalue weighted by atomic mass is 9.83. The Morgan fingerprint density at radius 1 is 1.35 bits per heavy atom. The second-order valence-corrected chi connectivity index (χ2v) is 7.00. The molecule has 3 N–H and O–H groups in total. The van der Waals surface area contributed by atoms with E-state index in [1.54, 1.807) is 29.5 Å². The van der Waals surface area contributed by atoms with Gasteiger partial charge in [0.05, 0.1) is 18.3 Å². The van der Waals surface area contributed by atoms with Crippen LogP contribution in [0.3, 0.4) is 0 Å². The molecule has 1 saturated carbocycles. The first kappa shape index (κ1) is 16.7. The largest absolute Gasteiger partial charge is 0.393 e. The Hall–Kier alpha value is -2.74. The van der Waals surface area contributed by atoms with E-state index in [9.17, 15) is 9.90 Å². The number of amides is 1. The van der Waals surface area contributed by atoms with Gasteiger partial charge < -0.3 is 10.8 Å². The van der Waals surface area contributed by atoms with E-state index in [4.69, 9.17) is 5.73 Å². The number of nitrogens with two attached hydrogens (primary N) is 1. The summed E-state index contributed by atoms with van der Waals surface area (Å²) in [4.78, 5) is 20.6. The van der Waals surface area contributed by atoms with Gasteiger partial charge in [-0.15, -0.1) is 0 Å². The lowest BCUT2D eigenvalue weighted by Gasteiger charge is -2.30. The summed E-state index contributed by atoms with van der Waals surface area (Å²) in [6.07, 6.45) is 10.2. The van der Waals surface area contributed by atoms with Crippen molar-refractivity contribution in [1.82, 2.24) is 24.3 Å². The molecule has 26 heavy (non-hydrogen) atoms. The Balaban J connectivity index is 1.74. The number of primary amides is 1. The summed E-state index contributed by atoms with van der Waals surface area (Å²) < 4.78 is 3.62. The molecule has 0 aliphatic heterocycles. The molecule has 4 rings (SSSR count). The maximum Gasteiger partial charge on any atom is 0.269 e. The van der Waals surface area contributed by atoms with Crippen molar-refractivity contribution in [3.05, 3.63) is 36.7 Å². The van der Waals surface area contributed by atoms with Crippen molar-refractivity contribution >= 4 is 16.8 Å². The van der Waals surface area contributed by atoms with Gasteiger partial charge >= 0.3 is 0 Å². The van der Waals surface area contributed by atoms with Gasteiger partial charge in [-0.05, 0) is 44.6 Å². The normalized spacial score (nSPS) is 21.8.